The SMILES string of the molecule is Cc1ccccc1OCCCNC(=O)c1csc(CCN)n1.Cl. The molecule has 0 atom stereocenters. The Morgan fingerprint density at radius 1 is 1.39 bits per heavy atom. The Balaban J connectivity index is 0.00000264. The highest BCUT2D eigenvalue weighted by molar-refractivity contribution is 7.09. The molecule has 1 aromatic heterocycles. The van der Waals surface area contributed by atoms with Gasteiger partial charge in [0.1, 0.15) is 11.4 Å². The zero-order valence-corrected chi connectivity index (χ0v) is 14.7. The Labute approximate surface area is 146 Å². The van der Waals surface area contributed by atoms with E-state index in [0.29, 0.717) is 31.8 Å². The Morgan fingerprint density at radius 2 is 2.17 bits per heavy atom. The largest absolute Gasteiger partial charge is 0.493 e. The first-order valence-electron chi connectivity index (χ1n) is 7.32. The molecule has 0 saturated carbocycles. The van der Waals surface area contributed by atoms with E-state index in [0.717, 1.165) is 22.7 Å². The van der Waals surface area contributed by atoms with E-state index in [-0.39, 0.29) is 18.3 Å². The number of hydrogen-bond acceptors (Lipinski definition) is 5. The first-order valence-corrected chi connectivity index (χ1v) is 8.19. The van der Waals surface area contributed by atoms with E-state index in [1.54, 1.807) is 5.38 Å². The molecule has 0 bridgehead atoms. The molecule has 0 spiro atoms. The minimum absolute atomic E-state index is 0. The van der Waals surface area contributed by atoms with E-state index in [2.05, 4.69) is 10.3 Å². The van der Waals surface area contributed by atoms with E-state index in [1.165, 1.54) is 11.3 Å². The highest BCUT2D eigenvalue weighted by Crippen LogP contribution is 2.16. The molecule has 0 aliphatic heterocycles. The summed E-state index contributed by atoms with van der Waals surface area (Å²) in [5.41, 5.74) is 7.05. The normalized spacial score (nSPS) is 10.0. The number of para-hydroxylation sites is 1. The molecule has 126 valence electrons. The molecule has 7 heteroatoms. The van der Waals surface area contributed by atoms with Crippen LogP contribution in [0.1, 0.15) is 27.5 Å². The van der Waals surface area contributed by atoms with E-state index in [4.69, 9.17) is 10.5 Å². The van der Waals surface area contributed by atoms with Crippen LogP contribution >= 0.6 is 23.7 Å². The highest BCUT2D eigenvalue weighted by atomic mass is 35.5. The number of aromatic nitrogens is 1. The summed E-state index contributed by atoms with van der Waals surface area (Å²) in [7, 11) is 0. The van der Waals surface area contributed by atoms with Crippen LogP contribution in [0.25, 0.3) is 0 Å². The standard InChI is InChI=1S/C16H21N3O2S.ClH/c1-12-5-2-3-6-14(12)21-10-4-9-18-16(20)13-11-22-15(19-13)7-8-17;/h2-3,5-6,11H,4,7-10,17H2,1H3,(H,18,20);1H. The summed E-state index contributed by atoms with van der Waals surface area (Å²) in [6.45, 7) is 3.69. The molecule has 0 saturated heterocycles. The number of nitrogens with zero attached hydrogens (tertiary/aromatic N) is 1. The van der Waals surface area contributed by atoms with Crippen LogP contribution in [0.2, 0.25) is 0 Å². The zero-order chi connectivity index (χ0) is 15.8. The van der Waals surface area contributed by atoms with Crippen molar-refractivity contribution in [3.05, 3.63) is 45.9 Å². The van der Waals surface area contributed by atoms with Gasteiger partial charge in [0, 0.05) is 18.3 Å². The van der Waals surface area contributed by atoms with Gasteiger partial charge >= 0.3 is 0 Å². The highest BCUT2D eigenvalue weighted by Gasteiger charge is 2.09. The predicted octanol–water partition coefficient (Wildman–Crippen LogP) is 2.57. The van der Waals surface area contributed by atoms with Gasteiger partial charge < -0.3 is 15.8 Å². The van der Waals surface area contributed by atoms with Crippen molar-refractivity contribution in [1.82, 2.24) is 10.3 Å². The minimum Gasteiger partial charge on any atom is -0.493 e. The Morgan fingerprint density at radius 3 is 2.91 bits per heavy atom. The molecule has 0 unspecified atom stereocenters. The van der Waals surface area contributed by atoms with Crippen LogP contribution in [-0.2, 0) is 6.42 Å². The smallest absolute Gasteiger partial charge is 0.270 e. The van der Waals surface area contributed by atoms with Gasteiger partial charge in [0.15, 0.2) is 0 Å². The molecule has 5 nitrogen and oxygen atoms in total. The van der Waals surface area contributed by atoms with E-state index >= 15 is 0 Å². The molecule has 0 aliphatic rings. The first kappa shape index (κ1) is 19.4. The van der Waals surface area contributed by atoms with Crippen LogP contribution in [0.4, 0.5) is 0 Å². The third-order valence-electron chi connectivity index (χ3n) is 3.10. The van der Waals surface area contributed by atoms with Gasteiger partial charge in [-0.3, -0.25) is 4.79 Å². The topological polar surface area (TPSA) is 77.2 Å². The summed E-state index contributed by atoms with van der Waals surface area (Å²) in [5.74, 6) is 0.746. The van der Waals surface area contributed by atoms with Crippen molar-refractivity contribution in [2.75, 3.05) is 19.7 Å². The van der Waals surface area contributed by atoms with Crippen molar-refractivity contribution in [3.63, 3.8) is 0 Å². The lowest BCUT2D eigenvalue weighted by molar-refractivity contribution is 0.0947. The maximum Gasteiger partial charge on any atom is 0.270 e. The molecule has 2 aromatic rings. The van der Waals surface area contributed by atoms with Gasteiger partial charge in [0.2, 0.25) is 0 Å². The van der Waals surface area contributed by atoms with E-state index in [9.17, 15) is 4.79 Å². The summed E-state index contributed by atoms with van der Waals surface area (Å²) in [5, 5.41) is 5.52. The third kappa shape index (κ3) is 6.17. The second-order valence-electron chi connectivity index (χ2n) is 4.89. The molecule has 0 radical (unpaired) electrons. The Bertz CT molecular complexity index is 619. The van der Waals surface area contributed by atoms with Crippen molar-refractivity contribution in [3.8, 4) is 5.75 Å². The van der Waals surface area contributed by atoms with Crippen LogP contribution < -0.4 is 15.8 Å². The number of halogens is 1. The third-order valence-corrected chi connectivity index (χ3v) is 4.01. The molecule has 1 heterocycles. The maximum atomic E-state index is 11.9. The van der Waals surface area contributed by atoms with Crippen molar-refractivity contribution in [2.24, 2.45) is 5.73 Å². The van der Waals surface area contributed by atoms with Crippen LogP contribution in [-0.4, -0.2) is 30.6 Å². The molecular formula is C16H22ClN3O2S. The van der Waals surface area contributed by atoms with Crippen molar-refractivity contribution in [1.29, 1.82) is 0 Å². The molecular weight excluding hydrogens is 334 g/mol. The van der Waals surface area contributed by atoms with Crippen LogP contribution in [0, 0.1) is 6.92 Å². The number of carbonyl (C=O) groups is 1. The van der Waals surface area contributed by atoms with E-state index < -0.39 is 0 Å². The number of nitrogens with two attached hydrogens (primary N) is 1. The quantitative estimate of drug-likeness (QED) is 0.713. The summed E-state index contributed by atoms with van der Waals surface area (Å²) in [6.07, 6.45) is 1.46. The number of thiazole rings is 1. The molecule has 3 N–H and O–H groups in total. The van der Waals surface area contributed by atoms with Crippen molar-refractivity contribution < 1.29 is 9.53 Å². The number of hydrogen-bond donors (Lipinski definition) is 2. The molecule has 23 heavy (non-hydrogen) atoms. The van der Waals surface area contributed by atoms with Gasteiger partial charge in [-0.05, 0) is 31.5 Å². The average molecular weight is 356 g/mol. The zero-order valence-electron chi connectivity index (χ0n) is 13.1. The van der Waals surface area contributed by atoms with Gasteiger partial charge in [-0.1, -0.05) is 18.2 Å². The lowest BCUT2D eigenvalue weighted by atomic mass is 10.2. The summed E-state index contributed by atoms with van der Waals surface area (Å²) >= 11 is 1.47. The number of benzene rings is 1. The summed E-state index contributed by atoms with van der Waals surface area (Å²) < 4.78 is 5.68. The predicted molar refractivity (Wildman–Crippen MR) is 95.7 cm³/mol. The number of aryl methyl sites for hydroxylation is 1. The summed E-state index contributed by atoms with van der Waals surface area (Å²) in [4.78, 5) is 16.2. The fourth-order valence-corrected chi connectivity index (χ4v) is 2.71. The molecule has 1 amide bonds. The molecule has 0 aliphatic carbocycles. The van der Waals surface area contributed by atoms with Crippen LogP contribution in [0.15, 0.2) is 29.6 Å². The maximum absolute atomic E-state index is 11.9. The molecule has 2 rings (SSSR count). The Hall–Kier alpha value is -1.63. The number of ether oxygens (including phenoxy) is 1. The summed E-state index contributed by atoms with van der Waals surface area (Å²) in [6, 6.07) is 7.89. The van der Waals surface area contributed by atoms with Gasteiger partial charge in [0.25, 0.3) is 5.91 Å². The minimum atomic E-state index is -0.143. The van der Waals surface area contributed by atoms with Crippen molar-refractivity contribution >= 4 is 29.7 Å². The fourth-order valence-electron chi connectivity index (χ4n) is 1.92. The van der Waals surface area contributed by atoms with Crippen LogP contribution in [0.5, 0.6) is 5.75 Å². The lowest BCUT2D eigenvalue weighted by Crippen LogP contribution is -2.26. The molecule has 0 fully saturated rings. The van der Waals surface area contributed by atoms with Crippen molar-refractivity contribution in [2.45, 2.75) is 19.8 Å². The van der Waals surface area contributed by atoms with Gasteiger partial charge in [-0.2, -0.15) is 0 Å². The average Bonchev–Trinajstić information content (AvgIpc) is 2.98. The number of rotatable bonds is 8. The van der Waals surface area contributed by atoms with Gasteiger partial charge in [-0.25, -0.2) is 4.98 Å². The Kier molecular flexibility index (Phi) is 8.61. The first-order chi connectivity index (χ1) is 10.7. The van der Waals surface area contributed by atoms with Crippen LogP contribution in [0.3, 0.4) is 0 Å². The number of amides is 1. The monoisotopic (exact) mass is 355 g/mol. The number of nitrogens with one attached hydrogen (secondary N) is 1. The second kappa shape index (κ2) is 10.2. The van der Waals surface area contributed by atoms with Gasteiger partial charge in [0.05, 0.1) is 11.6 Å². The van der Waals surface area contributed by atoms with Gasteiger partial charge in [-0.15, -0.1) is 23.7 Å². The van der Waals surface area contributed by atoms with E-state index in [1.807, 2.05) is 31.2 Å². The number of carbonyl (C=O) groups excluding carboxylic acids is 1. The second-order valence-corrected chi connectivity index (χ2v) is 5.83. The molecule has 1 aromatic carbocycles. The fraction of sp³-hybridized carbons (Fsp3) is 0.375. The lowest BCUT2D eigenvalue weighted by Gasteiger charge is -2.08.